The average molecular weight is 241 g/mol. The van der Waals surface area contributed by atoms with E-state index in [1.165, 1.54) is 5.69 Å². The number of benzene rings is 1. The summed E-state index contributed by atoms with van der Waals surface area (Å²) in [6.07, 6.45) is 1.82. The van der Waals surface area contributed by atoms with Crippen LogP contribution in [0.3, 0.4) is 0 Å². The number of hydrogen-bond acceptors (Lipinski definition) is 3. The van der Waals surface area contributed by atoms with Gasteiger partial charge in [0.25, 0.3) is 0 Å². The lowest BCUT2D eigenvalue weighted by Crippen LogP contribution is -2.17. The predicted molar refractivity (Wildman–Crippen MR) is 75.4 cm³/mol. The van der Waals surface area contributed by atoms with Gasteiger partial charge in [0.05, 0.1) is 12.2 Å². The van der Waals surface area contributed by atoms with E-state index in [1.54, 1.807) is 0 Å². The Morgan fingerprint density at radius 1 is 1.17 bits per heavy atom. The van der Waals surface area contributed by atoms with Crippen molar-refractivity contribution in [3.63, 3.8) is 0 Å². The van der Waals surface area contributed by atoms with Gasteiger partial charge in [0.2, 0.25) is 0 Å². The second-order valence-corrected chi connectivity index (χ2v) is 4.56. The minimum Gasteiger partial charge on any atom is -0.369 e. The number of nitrogens with zero attached hydrogens (tertiary/aromatic N) is 2. The minimum absolute atomic E-state index is 0.0835. The normalized spacial score (nSPS) is 12.2. The molecule has 0 saturated carbocycles. The summed E-state index contributed by atoms with van der Waals surface area (Å²) in [7, 11) is 2.07. The fourth-order valence-electron chi connectivity index (χ4n) is 1.86. The van der Waals surface area contributed by atoms with Gasteiger partial charge in [-0.3, -0.25) is 4.98 Å². The minimum atomic E-state index is 0.0835. The van der Waals surface area contributed by atoms with Crippen molar-refractivity contribution in [2.75, 3.05) is 11.9 Å². The van der Waals surface area contributed by atoms with Crippen LogP contribution in [0, 0.1) is 0 Å². The van der Waals surface area contributed by atoms with E-state index in [9.17, 15) is 0 Å². The summed E-state index contributed by atoms with van der Waals surface area (Å²) in [6.45, 7) is 2.80. The molecule has 0 unspecified atom stereocenters. The number of nitrogens with two attached hydrogens (primary N) is 1. The van der Waals surface area contributed by atoms with Crippen LogP contribution in [0.4, 0.5) is 5.69 Å². The topological polar surface area (TPSA) is 42.1 Å². The molecule has 0 bridgehead atoms. The number of anilines is 1. The third-order valence-electron chi connectivity index (χ3n) is 2.98. The maximum Gasteiger partial charge on any atom is 0.0598 e. The molecular weight excluding hydrogens is 222 g/mol. The van der Waals surface area contributed by atoms with Crippen molar-refractivity contribution in [1.82, 2.24) is 4.98 Å². The van der Waals surface area contributed by atoms with Gasteiger partial charge in [-0.1, -0.05) is 18.2 Å². The molecule has 94 valence electrons. The Labute approximate surface area is 108 Å². The molecule has 0 radical (unpaired) electrons. The molecule has 2 rings (SSSR count). The molecule has 0 aliphatic rings. The fraction of sp³-hybridized carbons (Fsp3) is 0.267. The molecule has 0 saturated heterocycles. The Balaban J connectivity index is 2.07. The van der Waals surface area contributed by atoms with E-state index in [-0.39, 0.29) is 6.04 Å². The summed E-state index contributed by atoms with van der Waals surface area (Å²) >= 11 is 0. The molecule has 3 nitrogen and oxygen atoms in total. The van der Waals surface area contributed by atoms with Gasteiger partial charge >= 0.3 is 0 Å². The zero-order valence-corrected chi connectivity index (χ0v) is 10.9. The maximum atomic E-state index is 5.84. The Bertz CT molecular complexity index is 477. The number of pyridine rings is 1. The summed E-state index contributed by atoms with van der Waals surface area (Å²) < 4.78 is 0. The first-order valence-electron chi connectivity index (χ1n) is 6.13. The van der Waals surface area contributed by atoms with Crippen LogP contribution in [-0.2, 0) is 6.54 Å². The highest BCUT2D eigenvalue weighted by atomic mass is 15.1. The molecule has 0 aliphatic carbocycles. The number of rotatable bonds is 4. The third kappa shape index (κ3) is 3.08. The van der Waals surface area contributed by atoms with Gasteiger partial charge in [0.1, 0.15) is 0 Å². The number of hydrogen-bond donors (Lipinski definition) is 1. The van der Waals surface area contributed by atoms with E-state index in [2.05, 4.69) is 41.2 Å². The molecule has 3 heteroatoms. The Kier molecular flexibility index (Phi) is 3.95. The second-order valence-electron chi connectivity index (χ2n) is 4.56. The van der Waals surface area contributed by atoms with Gasteiger partial charge < -0.3 is 10.6 Å². The van der Waals surface area contributed by atoms with Crippen LogP contribution in [0.2, 0.25) is 0 Å². The van der Waals surface area contributed by atoms with Crippen LogP contribution < -0.4 is 10.6 Å². The Morgan fingerprint density at radius 2 is 1.89 bits per heavy atom. The van der Waals surface area contributed by atoms with Crippen LogP contribution in [0.15, 0.2) is 48.7 Å². The van der Waals surface area contributed by atoms with E-state index < -0.39 is 0 Å². The van der Waals surface area contributed by atoms with Crippen molar-refractivity contribution < 1.29 is 0 Å². The molecule has 2 aromatic rings. The zero-order valence-electron chi connectivity index (χ0n) is 10.9. The van der Waals surface area contributed by atoms with Crippen molar-refractivity contribution in [3.05, 3.63) is 59.9 Å². The van der Waals surface area contributed by atoms with E-state index in [1.807, 2.05) is 31.3 Å². The molecule has 0 aliphatic heterocycles. The van der Waals surface area contributed by atoms with Gasteiger partial charge in [0.15, 0.2) is 0 Å². The van der Waals surface area contributed by atoms with E-state index in [0.717, 1.165) is 17.8 Å². The first-order valence-corrected chi connectivity index (χ1v) is 6.13. The summed E-state index contributed by atoms with van der Waals surface area (Å²) in [4.78, 5) is 6.50. The zero-order chi connectivity index (χ0) is 13.0. The maximum absolute atomic E-state index is 5.84. The third-order valence-corrected chi connectivity index (χ3v) is 2.98. The van der Waals surface area contributed by atoms with Crippen LogP contribution in [0.25, 0.3) is 0 Å². The molecule has 1 aromatic carbocycles. The van der Waals surface area contributed by atoms with Crippen molar-refractivity contribution in [2.45, 2.75) is 19.5 Å². The SMILES string of the molecule is C[C@@H](N)c1ccc(N(C)Cc2ccccn2)cc1. The largest absolute Gasteiger partial charge is 0.369 e. The first-order chi connectivity index (χ1) is 8.66. The van der Waals surface area contributed by atoms with Crippen molar-refractivity contribution >= 4 is 5.69 Å². The molecule has 0 fully saturated rings. The lowest BCUT2D eigenvalue weighted by Gasteiger charge is -2.19. The Hall–Kier alpha value is -1.87. The quantitative estimate of drug-likeness (QED) is 0.895. The molecule has 1 aromatic heterocycles. The number of aromatic nitrogens is 1. The molecule has 0 spiro atoms. The predicted octanol–water partition coefficient (Wildman–Crippen LogP) is 2.74. The molecule has 0 amide bonds. The first kappa shape index (κ1) is 12.6. The van der Waals surface area contributed by atoms with Gasteiger partial charge in [-0.25, -0.2) is 0 Å². The highest BCUT2D eigenvalue weighted by Crippen LogP contribution is 2.18. The van der Waals surface area contributed by atoms with Crippen molar-refractivity contribution in [2.24, 2.45) is 5.73 Å². The monoisotopic (exact) mass is 241 g/mol. The average Bonchev–Trinajstić information content (AvgIpc) is 2.40. The van der Waals surface area contributed by atoms with Crippen LogP contribution >= 0.6 is 0 Å². The van der Waals surface area contributed by atoms with Crippen LogP contribution in [-0.4, -0.2) is 12.0 Å². The standard InChI is InChI=1S/C15H19N3/c1-12(16)13-6-8-15(9-7-13)18(2)11-14-5-3-4-10-17-14/h3-10,12H,11,16H2,1-2H3/t12-/m1/s1. The Morgan fingerprint density at radius 3 is 2.44 bits per heavy atom. The summed E-state index contributed by atoms with van der Waals surface area (Å²) in [5, 5.41) is 0. The van der Waals surface area contributed by atoms with Crippen LogP contribution in [0.5, 0.6) is 0 Å². The van der Waals surface area contributed by atoms with Gasteiger partial charge in [-0.15, -0.1) is 0 Å². The van der Waals surface area contributed by atoms with E-state index in [0.29, 0.717) is 0 Å². The van der Waals surface area contributed by atoms with Crippen LogP contribution in [0.1, 0.15) is 24.2 Å². The highest BCUT2D eigenvalue weighted by molar-refractivity contribution is 5.47. The molecule has 2 N–H and O–H groups in total. The van der Waals surface area contributed by atoms with Crippen molar-refractivity contribution in [1.29, 1.82) is 0 Å². The van der Waals surface area contributed by atoms with Gasteiger partial charge in [0, 0.05) is 25.0 Å². The van der Waals surface area contributed by atoms with E-state index in [4.69, 9.17) is 5.73 Å². The molecule has 1 atom stereocenters. The fourth-order valence-corrected chi connectivity index (χ4v) is 1.86. The molecule has 1 heterocycles. The summed E-state index contributed by atoms with van der Waals surface area (Å²) in [6, 6.07) is 14.4. The molecule has 18 heavy (non-hydrogen) atoms. The second kappa shape index (κ2) is 5.65. The lowest BCUT2D eigenvalue weighted by atomic mass is 10.1. The smallest absolute Gasteiger partial charge is 0.0598 e. The summed E-state index contributed by atoms with van der Waals surface area (Å²) in [5.41, 5.74) is 9.23. The lowest BCUT2D eigenvalue weighted by molar-refractivity contribution is 0.816. The van der Waals surface area contributed by atoms with Gasteiger partial charge in [-0.2, -0.15) is 0 Å². The van der Waals surface area contributed by atoms with Crippen molar-refractivity contribution in [3.8, 4) is 0 Å². The van der Waals surface area contributed by atoms with E-state index >= 15 is 0 Å². The summed E-state index contributed by atoms with van der Waals surface area (Å²) in [5.74, 6) is 0. The molecular formula is C15H19N3. The van der Waals surface area contributed by atoms with Gasteiger partial charge in [-0.05, 0) is 36.8 Å². The highest BCUT2D eigenvalue weighted by Gasteiger charge is 2.04.